The fourth-order valence-corrected chi connectivity index (χ4v) is 2.55. The summed E-state index contributed by atoms with van der Waals surface area (Å²) in [6.45, 7) is 1.95. The van der Waals surface area contributed by atoms with Crippen LogP contribution in [0.2, 0.25) is 0 Å². The van der Waals surface area contributed by atoms with Crippen LogP contribution in [0.5, 0.6) is 5.88 Å². The second kappa shape index (κ2) is 7.75. The number of halogens is 1. The molecule has 115 valence electrons. The Bertz CT molecular complexity index is 655. The van der Waals surface area contributed by atoms with Gasteiger partial charge < -0.3 is 10.1 Å². The molecule has 1 aliphatic heterocycles. The van der Waals surface area contributed by atoms with E-state index >= 15 is 0 Å². The predicted molar refractivity (Wildman–Crippen MR) is 82.3 cm³/mol. The normalized spacial score (nSPS) is 14.5. The van der Waals surface area contributed by atoms with Crippen LogP contribution in [0.15, 0.2) is 29.4 Å². The van der Waals surface area contributed by atoms with E-state index < -0.39 is 0 Å². The number of nitrogens with one attached hydrogen (secondary N) is 2. The molecule has 1 aromatic heterocycles. The minimum atomic E-state index is 0.0536. The number of likely N-dealkylation sites (tertiary alicyclic amines) is 1. The van der Waals surface area contributed by atoms with Gasteiger partial charge in [0.05, 0.1) is 18.6 Å². The molecule has 0 atom stereocenters. The first kappa shape index (κ1) is 16.2. The number of rotatable bonds is 1. The Morgan fingerprint density at radius 2 is 2.00 bits per heavy atom. The number of thiocarbonyl (C=S) groups is 1. The molecule has 1 aromatic carbocycles. The number of aromatic hydroxyl groups is 1. The number of aromatic nitrogens is 1. The second-order valence-corrected chi connectivity index (χ2v) is 4.98. The van der Waals surface area contributed by atoms with Crippen molar-refractivity contribution in [2.45, 2.75) is 12.8 Å². The fraction of sp³-hybridized carbons (Fsp3) is 0.308. The van der Waals surface area contributed by atoms with Crippen molar-refractivity contribution in [1.29, 1.82) is 0 Å². The van der Waals surface area contributed by atoms with Crippen LogP contribution in [0.25, 0.3) is 10.9 Å². The fourth-order valence-electron chi connectivity index (χ4n) is 2.32. The van der Waals surface area contributed by atoms with Gasteiger partial charge in [0, 0.05) is 17.6 Å². The van der Waals surface area contributed by atoms with Gasteiger partial charge in [-0.3, -0.25) is 4.90 Å². The maximum absolute atomic E-state index is 9.87. The summed E-state index contributed by atoms with van der Waals surface area (Å²) in [6, 6.07) is 7.62. The van der Waals surface area contributed by atoms with Crippen LogP contribution in [0.4, 0.5) is 5.69 Å². The Morgan fingerprint density at radius 1 is 1.33 bits per heavy atom. The van der Waals surface area contributed by atoms with E-state index in [1.807, 2.05) is 24.3 Å². The molecule has 0 bridgehead atoms. The minimum absolute atomic E-state index is 0.0536. The molecule has 0 unspecified atom stereocenters. The molecule has 0 aliphatic carbocycles. The van der Waals surface area contributed by atoms with Gasteiger partial charge in [0.1, 0.15) is 0 Å². The van der Waals surface area contributed by atoms with Crippen molar-refractivity contribution in [2.24, 2.45) is 5.11 Å². The van der Waals surface area contributed by atoms with E-state index in [-0.39, 0.29) is 5.88 Å². The van der Waals surface area contributed by atoms with Crippen LogP contribution in [-0.4, -0.2) is 33.2 Å². The number of hydrogen-bond acceptors (Lipinski definition) is 3. The number of fused-ring (bicyclic) bond motifs is 1. The summed E-state index contributed by atoms with van der Waals surface area (Å²) < 4.78 is 0. The predicted octanol–water partition coefficient (Wildman–Crippen LogP) is 2.11. The molecule has 2 heterocycles. The van der Waals surface area contributed by atoms with E-state index in [4.69, 9.17) is 12.2 Å². The van der Waals surface area contributed by atoms with Crippen molar-refractivity contribution in [1.82, 2.24) is 9.88 Å². The van der Waals surface area contributed by atoms with E-state index in [2.05, 4.69) is 45.3 Å². The number of para-hydroxylation sites is 1. The first-order valence-corrected chi connectivity index (χ1v) is 8.13. The van der Waals surface area contributed by atoms with Gasteiger partial charge in [0.25, 0.3) is 0 Å². The topological polar surface area (TPSA) is 65.6 Å². The second-order valence-electron chi connectivity index (χ2n) is 4.59. The molecule has 0 amide bonds. The van der Waals surface area contributed by atoms with E-state index in [0.29, 0.717) is 10.8 Å². The van der Waals surface area contributed by atoms with Gasteiger partial charge in [0.2, 0.25) is 5.88 Å². The van der Waals surface area contributed by atoms with E-state index in [0.717, 1.165) is 24.0 Å². The number of azo groups is 1. The third-order valence-corrected chi connectivity index (χ3v) is 3.67. The average Bonchev–Trinajstić information content (AvgIpc) is 3.14. The Hall–Kier alpha value is -1.14. The molecular formula is C13H15ClCuN4OS+2. The van der Waals surface area contributed by atoms with Crippen molar-refractivity contribution < 1.29 is 25.3 Å². The molecule has 1 saturated heterocycles. The van der Waals surface area contributed by atoms with Crippen molar-refractivity contribution in [3.63, 3.8) is 0 Å². The quantitative estimate of drug-likeness (QED) is 0.407. The zero-order valence-electron chi connectivity index (χ0n) is 11.1. The molecule has 0 saturated carbocycles. The van der Waals surface area contributed by atoms with Gasteiger partial charge in [-0.05, 0) is 18.9 Å². The summed E-state index contributed by atoms with van der Waals surface area (Å²) in [5.74, 6) is 0.0536. The van der Waals surface area contributed by atoms with Crippen LogP contribution in [-0.2, 0) is 15.1 Å². The number of benzene rings is 1. The van der Waals surface area contributed by atoms with Gasteiger partial charge in [-0.2, -0.15) is 0 Å². The average molecular weight is 374 g/mol. The van der Waals surface area contributed by atoms with Crippen LogP contribution in [0.1, 0.15) is 12.8 Å². The van der Waals surface area contributed by atoms with E-state index in [1.54, 1.807) is 0 Å². The molecule has 0 spiro atoms. The SMILES string of the molecule is Oc1[nH]c2ccccc2c1N=[NH+]C(=S)N1CCCC1.[Cl][Cu+]. The number of nitrogens with zero attached hydrogens (tertiary/aromatic N) is 2. The molecule has 3 rings (SSSR count). The van der Waals surface area contributed by atoms with Crippen molar-refractivity contribution in [3.05, 3.63) is 24.3 Å². The molecule has 0 radical (unpaired) electrons. The summed E-state index contributed by atoms with van der Waals surface area (Å²) in [5.41, 5.74) is 1.35. The van der Waals surface area contributed by atoms with E-state index in [9.17, 15) is 5.11 Å². The van der Waals surface area contributed by atoms with Crippen molar-refractivity contribution >= 4 is 44.0 Å². The molecule has 5 nitrogen and oxygen atoms in total. The summed E-state index contributed by atoms with van der Waals surface area (Å²) in [6.07, 6.45) is 2.33. The number of aromatic amines is 1. The van der Waals surface area contributed by atoms with Crippen LogP contribution >= 0.6 is 22.3 Å². The summed E-state index contributed by atoms with van der Waals surface area (Å²) >= 11 is 8.94. The van der Waals surface area contributed by atoms with Crippen molar-refractivity contribution in [3.8, 4) is 5.88 Å². The molecule has 2 aromatic rings. The summed E-state index contributed by atoms with van der Waals surface area (Å²) in [7, 11) is 4.20. The van der Waals surface area contributed by atoms with Crippen LogP contribution < -0.4 is 5.11 Å². The van der Waals surface area contributed by atoms with Gasteiger partial charge >= 0.3 is 30.3 Å². The Balaban J connectivity index is 0.000000774. The third kappa shape index (κ3) is 3.74. The summed E-state index contributed by atoms with van der Waals surface area (Å²) in [5, 5.41) is 18.4. The molecule has 1 fully saturated rings. The molecule has 1 aliphatic rings. The molecule has 21 heavy (non-hydrogen) atoms. The zero-order chi connectivity index (χ0) is 15.2. The first-order chi connectivity index (χ1) is 10.3. The zero-order valence-corrected chi connectivity index (χ0v) is 13.6. The summed E-state index contributed by atoms with van der Waals surface area (Å²) in [4.78, 5) is 4.97. The van der Waals surface area contributed by atoms with Gasteiger partial charge in [-0.25, -0.2) is 0 Å². The van der Waals surface area contributed by atoms with Crippen molar-refractivity contribution in [2.75, 3.05) is 13.1 Å². The third-order valence-electron chi connectivity index (χ3n) is 3.32. The van der Waals surface area contributed by atoms with Gasteiger partial charge in [-0.1, -0.05) is 23.3 Å². The number of H-pyrrole nitrogens is 1. The molecular weight excluding hydrogens is 359 g/mol. The number of hydrogen-bond donors (Lipinski definition) is 3. The molecule has 8 heteroatoms. The Morgan fingerprint density at radius 3 is 2.71 bits per heavy atom. The maximum atomic E-state index is 9.87. The standard InChI is InChI=1S/C13H14N4OS.ClH.Cu/c18-12-11(9-5-1-2-6-10(9)14-12)15-16-13(19)17-7-3-4-8-17;;/h1-2,5-6,14,18H,3-4,7-8H2;1H;/q;;+2. The monoisotopic (exact) mass is 373 g/mol. The first-order valence-electron chi connectivity index (χ1n) is 6.42. The van der Waals surface area contributed by atoms with Crippen LogP contribution in [0, 0.1) is 0 Å². The van der Waals surface area contributed by atoms with E-state index in [1.165, 1.54) is 12.8 Å². The van der Waals surface area contributed by atoms with Crippen LogP contribution in [0.3, 0.4) is 0 Å². The van der Waals surface area contributed by atoms with Gasteiger partial charge in [-0.15, -0.1) is 5.11 Å². The van der Waals surface area contributed by atoms with Gasteiger partial charge in [0.15, 0.2) is 5.69 Å². The molecule has 3 N–H and O–H groups in total. The Kier molecular flexibility index (Phi) is 5.99. The Labute approximate surface area is 140 Å².